The quantitative estimate of drug-likeness (QED) is 0.325. The van der Waals surface area contributed by atoms with Gasteiger partial charge in [-0.1, -0.05) is 36.4 Å². The first kappa shape index (κ1) is 31.1. The highest BCUT2D eigenvalue weighted by Gasteiger charge is 2.73. The molecule has 0 aromatic heterocycles. The Morgan fingerprint density at radius 2 is 1.35 bits per heavy atom. The van der Waals surface area contributed by atoms with E-state index in [1.807, 2.05) is 0 Å². The molecule has 0 aliphatic heterocycles. The molecule has 40 heavy (non-hydrogen) atoms. The standard InChI is InChI=1S/C16H10F8O.C10H10FNO2S/c17-12-7-4-8-13(18)11(12)9-25-14(15(19,20)21,16(22,23)24)10-5-2-1-3-6-10;11-6-1-3-7(4-2-6)15(14)9-5-8(9)10(12)13/h1-8H,9H2;1-4,8-9H,5H2,(H2,12,13)/t;8-,9?,15?/m.0/s1. The van der Waals surface area contributed by atoms with Gasteiger partial charge in [0.2, 0.25) is 5.91 Å². The minimum Gasteiger partial charge on any atom is -0.369 e. The molecule has 1 fully saturated rings. The maximum absolute atomic E-state index is 13.5. The fourth-order valence-electron chi connectivity index (χ4n) is 3.71. The van der Waals surface area contributed by atoms with Gasteiger partial charge >= 0.3 is 12.4 Å². The van der Waals surface area contributed by atoms with E-state index in [1.165, 1.54) is 30.3 Å². The lowest BCUT2D eigenvalue weighted by molar-refractivity contribution is -0.392. The summed E-state index contributed by atoms with van der Waals surface area (Å²) in [6, 6.07) is 12.1. The van der Waals surface area contributed by atoms with E-state index >= 15 is 0 Å². The van der Waals surface area contributed by atoms with Gasteiger partial charge in [-0.2, -0.15) is 26.3 Å². The molecule has 1 amide bonds. The molecular weight excluding hydrogens is 577 g/mol. The van der Waals surface area contributed by atoms with E-state index in [0.29, 0.717) is 35.6 Å². The normalized spacial score (nSPS) is 17.9. The van der Waals surface area contributed by atoms with E-state index in [4.69, 9.17) is 5.73 Å². The van der Waals surface area contributed by atoms with Gasteiger partial charge in [-0.3, -0.25) is 9.00 Å². The lowest BCUT2D eigenvalue weighted by atomic mass is 9.91. The Balaban J connectivity index is 0.000000249. The first-order chi connectivity index (χ1) is 18.6. The van der Waals surface area contributed by atoms with Crippen LogP contribution in [0.25, 0.3) is 0 Å². The number of amides is 1. The van der Waals surface area contributed by atoms with Crippen LogP contribution < -0.4 is 5.73 Å². The Hall–Kier alpha value is -3.39. The summed E-state index contributed by atoms with van der Waals surface area (Å²) in [5.74, 6) is -3.68. The molecule has 216 valence electrons. The second kappa shape index (κ2) is 12.0. The number of nitrogens with two attached hydrogens (primary N) is 1. The largest absolute Gasteiger partial charge is 0.430 e. The average molecular weight is 597 g/mol. The number of rotatable bonds is 7. The van der Waals surface area contributed by atoms with Gasteiger partial charge in [-0.25, -0.2) is 13.2 Å². The van der Waals surface area contributed by atoms with Crippen molar-refractivity contribution in [1.29, 1.82) is 0 Å². The summed E-state index contributed by atoms with van der Waals surface area (Å²) >= 11 is 0. The second-order valence-corrected chi connectivity index (χ2v) is 10.2. The van der Waals surface area contributed by atoms with E-state index in [1.54, 1.807) is 0 Å². The van der Waals surface area contributed by atoms with Crippen LogP contribution in [0.5, 0.6) is 0 Å². The Bertz CT molecular complexity index is 1310. The van der Waals surface area contributed by atoms with Crippen LogP contribution in [0.15, 0.2) is 77.7 Å². The van der Waals surface area contributed by atoms with Gasteiger partial charge in [-0.15, -0.1) is 0 Å². The molecular formula is C26H20F9NO3S. The molecule has 14 heteroatoms. The zero-order valence-electron chi connectivity index (χ0n) is 20.1. The minimum absolute atomic E-state index is 0.187. The molecule has 0 radical (unpaired) electrons. The van der Waals surface area contributed by atoms with Gasteiger partial charge in [0, 0.05) is 16.0 Å². The highest BCUT2D eigenvalue weighted by atomic mass is 32.2. The van der Waals surface area contributed by atoms with Gasteiger partial charge in [-0.05, 0) is 42.8 Å². The fraction of sp³-hybridized carbons (Fsp3) is 0.269. The average Bonchev–Trinajstić information content (AvgIpc) is 3.67. The third-order valence-corrected chi connectivity index (χ3v) is 7.70. The van der Waals surface area contributed by atoms with E-state index in [-0.39, 0.29) is 17.0 Å². The maximum atomic E-state index is 13.5. The molecule has 2 unspecified atom stereocenters. The van der Waals surface area contributed by atoms with E-state index in [2.05, 4.69) is 4.74 Å². The molecule has 0 heterocycles. The summed E-state index contributed by atoms with van der Waals surface area (Å²) in [6.45, 7) is -1.56. The highest BCUT2D eigenvalue weighted by Crippen LogP contribution is 2.53. The first-order valence-corrected chi connectivity index (χ1v) is 12.5. The van der Waals surface area contributed by atoms with E-state index in [0.717, 1.165) is 18.2 Å². The Morgan fingerprint density at radius 1 is 0.825 bits per heavy atom. The molecule has 1 saturated carbocycles. The van der Waals surface area contributed by atoms with Gasteiger partial charge in [0.15, 0.2) is 0 Å². The topological polar surface area (TPSA) is 69.4 Å². The molecule has 1 aliphatic carbocycles. The van der Waals surface area contributed by atoms with Crippen LogP contribution >= 0.6 is 0 Å². The predicted molar refractivity (Wildman–Crippen MR) is 125 cm³/mol. The highest BCUT2D eigenvalue weighted by molar-refractivity contribution is 7.86. The van der Waals surface area contributed by atoms with Crippen LogP contribution in [-0.2, 0) is 32.5 Å². The number of hydrogen-bond donors (Lipinski definition) is 1. The lowest BCUT2D eigenvalue weighted by Gasteiger charge is -2.37. The zero-order valence-corrected chi connectivity index (χ0v) is 20.9. The molecule has 2 N–H and O–H groups in total. The van der Waals surface area contributed by atoms with Crippen molar-refractivity contribution in [3.05, 3.63) is 101 Å². The van der Waals surface area contributed by atoms with Crippen molar-refractivity contribution in [3.8, 4) is 0 Å². The SMILES string of the molecule is Fc1cccc(F)c1COC(c1ccccc1)(C(F)(F)F)C(F)(F)F.NC(=O)[C@H]1CC1S(=O)c1ccc(F)cc1. The second-order valence-electron chi connectivity index (χ2n) is 8.57. The van der Waals surface area contributed by atoms with Crippen molar-refractivity contribution in [1.82, 2.24) is 0 Å². The molecule has 0 bridgehead atoms. The number of hydrogen-bond acceptors (Lipinski definition) is 3. The molecule has 3 aromatic carbocycles. The smallest absolute Gasteiger partial charge is 0.369 e. The van der Waals surface area contributed by atoms with E-state index in [9.17, 15) is 48.5 Å². The summed E-state index contributed by atoms with van der Waals surface area (Å²) in [5.41, 5.74) is -1.91. The molecule has 4 rings (SSSR count). The van der Waals surface area contributed by atoms with Crippen LogP contribution in [0.3, 0.4) is 0 Å². The van der Waals surface area contributed by atoms with Crippen molar-refractivity contribution in [2.75, 3.05) is 0 Å². The summed E-state index contributed by atoms with van der Waals surface area (Å²) in [4.78, 5) is 11.3. The summed E-state index contributed by atoms with van der Waals surface area (Å²) in [6.07, 6.45) is -11.3. The summed E-state index contributed by atoms with van der Waals surface area (Å²) in [5, 5.41) is -0.187. The molecule has 3 atom stereocenters. The van der Waals surface area contributed by atoms with Crippen LogP contribution in [0.4, 0.5) is 39.5 Å². The van der Waals surface area contributed by atoms with Crippen molar-refractivity contribution in [3.63, 3.8) is 0 Å². The van der Waals surface area contributed by atoms with Gasteiger partial charge < -0.3 is 10.5 Å². The van der Waals surface area contributed by atoms with Gasteiger partial charge in [0.05, 0.1) is 28.6 Å². The van der Waals surface area contributed by atoms with Crippen LogP contribution in [0.1, 0.15) is 17.5 Å². The van der Waals surface area contributed by atoms with Crippen molar-refractivity contribution in [2.24, 2.45) is 11.7 Å². The van der Waals surface area contributed by atoms with Crippen molar-refractivity contribution in [2.45, 2.75) is 41.1 Å². The zero-order chi connectivity index (χ0) is 29.9. The van der Waals surface area contributed by atoms with Crippen molar-refractivity contribution >= 4 is 16.7 Å². The lowest BCUT2D eigenvalue weighted by Crippen LogP contribution is -2.55. The fourth-order valence-corrected chi connectivity index (χ4v) is 5.28. The number of primary amides is 1. The van der Waals surface area contributed by atoms with Crippen LogP contribution in [0, 0.1) is 23.4 Å². The number of ether oxygens (including phenoxy) is 1. The number of carbonyl (C=O) groups excluding carboxylic acids is 1. The minimum atomic E-state index is -5.92. The van der Waals surface area contributed by atoms with Gasteiger partial charge in [0.1, 0.15) is 17.5 Å². The maximum Gasteiger partial charge on any atom is 0.430 e. The number of alkyl halides is 6. The third kappa shape index (κ3) is 6.66. The van der Waals surface area contributed by atoms with Crippen LogP contribution in [-0.4, -0.2) is 27.7 Å². The number of halogens is 9. The molecule has 0 spiro atoms. The summed E-state index contributed by atoms with van der Waals surface area (Å²) < 4.78 is 136. The molecule has 1 aliphatic rings. The van der Waals surface area contributed by atoms with E-state index < -0.39 is 64.0 Å². The molecule has 0 saturated heterocycles. The Morgan fingerprint density at radius 3 is 1.80 bits per heavy atom. The Labute approximate surface area is 224 Å². The van der Waals surface area contributed by atoms with Crippen LogP contribution in [0.2, 0.25) is 0 Å². The number of carbonyl (C=O) groups is 1. The predicted octanol–water partition coefficient (Wildman–Crippen LogP) is 6.31. The van der Waals surface area contributed by atoms with Crippen molar-refractivity contribution < 1.29 is 53.3 Å². The van der Waals surface area contributed by atoms with Gasteiger partial charge in [0.25, 0.3) is 5.60 Å². The summed E-state index contributed by atoms with van der Waals surface area (Å²) in [7, 11) is -1.25. The molecule has 4 nitrogen and oxygen atoms in total. The first-order valence-electron chi connectivity index (χ1n) is 11.3. The monoisotopic (exact) mass is 597 g/mol. The third-order valence-electron chi connectivity index (χ3n) is 5.89. The number of benzene rings is 3. The Kier molecular flexibility index (Phi) is 9.35. The molecule has 3 aromatic rings.